The van der Waals surface area contributed by atoms with Crippen LogP contribution in [0.25, 0.3) is 0 Å². The summed E-state index contributed by atoms with van der Waals surface area (Å²) >= 11 is 0. The summed E-state index contributed by atoms with van der Waals surface area (Å²) in [7, 11) is 0. The van der Waals surface area contributed by atoms with E-state index in [0.717, 1.165) is 0 Å². The van der Waals surface area contributed by atoms with Gasteiger partial charge in [0.1, 0.15) is 6.04 Å². The molecule has 0 unspecified atom stereocenters. The molecule has 6 nitrogen and oxygen atoms in total. The quantitative estimate of drug-likeness (QED) is 0.688. The molecule has 0 heterocycles. The molecule has 1 fully saturated rings. The topological polar surface area (TPSA) is 95.5 Å². The van der Waals surface area contributed by atoms with E-state index in [1.54, 1.807) is 6.92 Å². The molecule has 0 radical (unpaired) electrons. The van der Waals surface area contributed by atoms with E-state index in [-0.39, 0.29) is 29.7 Å². The molecule has 1 saturated carbocycles. The van der Waals surface area contributed by atoms with E-state index in [1.807, 2.05) is 13.8 Å². The van der Waals surface area contributed by atoms with Crippen LogP contribution in [0.2, 0.25) is 0 Å². The van der Waals surface area contributed by atoms with E-state index < -0.39 is 12.0 Å². The summed E-state index contributed by atoms with van der Waals surface area (Å²) in [5.41, 5.74) is 0. The Labute approximate surface area is 125 Å². The van der Waals surface area contributed by atoms with Gasteiger partial charge >= 0.3 is 5.97 Å². The SMILES string of the molecule is CCC(=O)N[C@H](C(=O)NC1CCC(C(=O)O)CC1)C(C)C. The van der Waals surface area contributed by atoms with Crippen molar-refractivity contribution in [2.45, 2.75) is 65.0 Å². The molecule has 1 aliphatic rings. The number of rotatable bonds is 6. The number of hydrogen-bond donors (Lipinski definition) is 3. The first-order valence-corrected chi connectivity index (χ1v) is 7.67. The zero-order valence-corrected chi connectivity index (χ0v) is 13.0. The maximum Gasteiger partial charge on any atom is 0.306 e. The Morgan fingerprint density at radius 3 is 2.14 bits per heavy atom. The van der Waals surface area contributed by atoms with Gasteiger partial charge in [-0.3, -0.25) is 14.4 Å². The Bertz CT molecular complexity index is 387. The molecule has 0 aromatic rings. The minimum Gasteiger partial charge on any atom is -0.481 e. The standard InChI is InChI=1S/C15H26N2O4/c1-4-12(18)17-13(9(2)3)14(19)16-11-7-5-10(6-8-11)15(20)21/h9-11,13H,4-8H2,1-3H3,(H,16,19)(H,17,18)(H,20,21)/t10?,11?,13-/m0/s1. The molecule has 0 aromatic carbocycles. The lowest BCUT2D eigenvalue weighted by molar-refractivity contribution is -0.143. The third-order valence-corrected chi connectivity index (χ3v) is 4.01. The highest BCUT2D eigenvalue weighted by Crippen LogP contribution is 2.24. The summed E-state index contributed by atoms with van der Waals surface area (Å²) in [5.74, 6) is -1.35. The summed E-state index contributed by atoms with van der Waals surface area (Å²) in [6.45, 7) is 5.53. The molecule has 2 amide bonds. The first-order chi connectivity index (χ1) is 9.85. The van der Waals surface area contributed by atoms with Crippen LogP contribution < -0.4 is 10.6 Å². The number of hydrogen-bond acceptors (Lipinski definition) is 3. The van der Waals surface area contributed by atoms with Gasteiger partial charge in [0.2, 0.25) is 11.8 Å². The maximum absolute atomic E-state index is 12.3. The van der Waals surface area contributed by atoms with Crippen molar-refractivity contribution >= 4 is 17.8 Å². The number of carboxylic acid groups (broad SMARTS) is 1. The Balaban J connectivity index is 2.51. The molecule has 0 bridgehead atoms. The van der Waals surface area contributed by atoms with E-state index >= 15 is 0 Å². The van der Waals surface area contributed by atoms with Crippen LogP contribution in [-0.4, -0.2) is 35.0 Å². The minimum absolute atomic E-state index is 0.00729. The van der Waals surface area contributed by atoms with Crippen LogP contribution in [0.3, 0.4) is 0 Å². The number of carbonyl (C=O) groups is 3. The minimum atomic E-state index is -0.755. The molecular weight excluding hydrogens is 272 g/mol. The van der Waals surface area contributed by atoms with Crippen molar-refractivity contribution in [1.82, 2.24) is 10.6 Å². The Kier molecular flexibility index (Phi) is 6.65. The van der Waals surface area contributed by atoms with Crippen molar-refractivity contribution < 1.29 is 19.5 Å². The fraction of sp³-hybridized carbons (Fsp3) is 0.800. The van der Waals surface area contributed by atoms with Gasteiger partial charge < -0.3 is 15.7 Å². The van der Waals surface area contributed by atoms with Gasteiger partial charge in [0, 0.05) is 12.5 Å². The molecule has 3 N–H and O–H groups in total. The Hall–Kier alpha value is -1.59. The van der Waals surface area contributed by atoms with Crippen LogP contribution in [-0.2, 0) is 14.4 Å². The average Bonchev–Trinajstić information content (AvgIpc) is 2.44. The highest BCUT2D eigenvalue weighted by Gasteiger charge is 2.29. The number of carboxylic acids is 1. The monoisotopic (exact) mass is 298 g/mol. The predicted octanol–water partition coefficient (Wildman–Crippen LogP) is 1.30. The lowest BCUT2D eigenvalue weighted by atomic mass is 9.86. The number of carbonyl (C=O) groups excluding carboxylic acids is 2. The van der Waals surface area contributed by atoms with Crippen LogP contribution in [0.5, 0.6) is 0 Å². The van der Waals surface area contributed by atoms with E-state index in [4.69, 9.17) is 5.11 Å². The first-order valence-electron chi connectivity index (χ1n) is 7.67. The van der Waals surface area contributed by atoms with E-state index in [0.29, 0.717) is 32.1 Å². The second-order valence-electron chi connectivity index (χ2n) is 6.04. The smallest absolute Gasteiger partial charge is 0.306 e. The van der Waals surface area contributed by atoms with Crippen LogP contribution in [0.15, 0.2) is 0 Å². The number of amides is 2. The molecule has 1 rings (SSSR count). The van der Waals surface area contributed by atoms with Crippen molar-refractivity contribution in [1.29, 1.82) is 0 Å². The van der Waals surface area contributed by atoms with E-state index in [1.165, 1.54) is 0 Å². The summed E-state index contributed by atoms with van der Waals surface area (Å²) < 4.78 is 0. The third-order valence-electron chi connectivity index (χ3n) is 4.01. The average molecular weight is 298 g/mol. The van der Waals surface area contributed by atoms with Gasteiger partial charge in [-0.2, -0.15) is 0 Å². The fourth-order valence-corrected chi connectivity index (χ4v) is 2.59. The highest BCUT2D eigenvalue weighted by molar-refractivity contribution is 5.87. The maximum atomic E-state index is 12.3. The van der Waals surface area contributed by atoms with Gasteiger partial charge in [-0.25, -0.2) is 0 Å². The molecule has 1 atom stereocenters. The summed E-state index contributed by atoms with van der Waals surface area (Å²) in [5, 5.41) is 14.6. The van der Waals surface area contributed by atoms with Gasteiger partial charge in [-0.15, -0.1) is 0 Å². The molecule has 6 heteroatoms. The predicted molar refractivity (Wildman–Crippen MR) is 78.6 cm³/mol. The van der Waals surface area contributed by atoms with Crippen molar-refractivity contribution in [2.24, 2.45) is 11.8 Å². The van der Waals surface area contributed by atoms with Gasteiger partial charge in [0.25, 0.3) is 0 Å². The fourth-order valence-electron chi connectivity index (χ4n) is 2.59. The molecule has 0 aliphatic heterocycles. The zero-order chi connectivity index (χ0) is 16.0. The molecule has 21 heavy (non-hydrogen) atoms. The summed E-state index contributed by atoms with van der Waals surface area (Å²) in [4.78, 5) is 34.7. The largest absolute Gasteiger partial charge is 0.481 e. The molecule has 1 aliphatic carbocycles. The van der Waals surface area contributed by atoms with Crippen LogP contribution in [0.1, 0.15) is 52.9 Å². The summed E-state index contributed by atoms with van der Waals surface area (Å²) in [6, 6.07) is -0.525. The summed E-state index contributed by atoms with van der Waals surface area (Å²) in [6.07, 6.45) is 2.88. The van der Waals surface area contributed by atoms with Crippen LogP contribution in [0.4, 0.5) is 0 Å². The van der Waals surface area contributed by atoms with Gasteiger partial charge in [0.15, 0.2) is 0 Å². The van der Waals surface area contributed by atoms with Gasteiger partial charge in [0.05, 0.1) is 5.92 Å². The highest BCUT2D eigenvalue weighted by atomic mass is 16.4. The Morgan fingerprint density at radius 2 is 1.71 bits per heavy atom. The lowest BCUT2D eigenvalue weighted by Crippen LogP contribution is -2.52. The second kappa shape index (κ2) is 8.00. The normalized spacial score (nSPS) is 23.4. The van der Waals surface area contributed by atoms with Crippen molar-refractivity contribution in [3.8, 4) is 0 Å². The molecule has 0 aromatic heterocycles. The number of nitrogens with one attached hydrogen (secondary N) is 2. The van der Waals surface area contributed by atoms with Gasteiger partial charge in [-0.05, 0) is 31.6 Å². The van der Waals surface area contributed by atoms with Crippen LogP contribution in [0, 0.1) is 11.8 Å². The zero-order valence-electron chi connectivity index (χ0n) is 13.0. The molecule has 0 saturated heterocycles. The first kappa shape index (κ1) is 17.5. The molecule has 0 spiro atoms. The lowest BCUT2D eigenvalue weighted by Gasteiger charge is -2.29. The van der Waals surface area contributed by atoms with Crippen LogP contribution >= 0.6 is 0 Å². The third kappa shape index (κ3) is 5.36. The molecular formula is C15H26N2O4. The van der Waals surface area contributed by atoms with E-state index in [9.17, 15) is 14.4 Å². The van der Waals surface area contributed by atoms with Crippen molar-refractivity contribution in [3.05, 3.63) is 0 Å². The number of aliphatic carboxylic acids is 1. The molecule has 120 valence electrons. The van der Waals surface area contributed by atoms with E-state index in [2.05, 4.69) is 10.6 Å². The second-order valence-corrected chi connectivity index (χ2v) is 6.04. The Morgan fingerprint density at radius 1 is 1.14 bits per heavy atom. The van der Waals surface area contributed by atoms with Gasteiger partial charge in [-0.1, -0.05) is 20.8 Å². The van der Waals surface area contributed by atoms with Crippen molar-refractivity contribution in [2.75, 3.05) is 0 Å². The van der Waals surface area contributed by atoms with Crippen molar-refractivity contribution in [3.63, 3.8) is 0 Å².